The third-order valence-corrected chi connectivity index (χ3v) is 5.15. The first-order valence-electron chi connectivity index (χ1n) is 8.94. The minimum atomic E-state index is -1.29. The standard InChI is InChI=1S/C21H18Cl2N4O4/c1-10(16-17-12(23)8-11(22)9-14(17)25-18(16)20(29)30)19(28)26-13-6-4-5-7-15(13)27(3)21(31)24-2/h4-9,25H,1H2,2-3H3,(H,24,31)(H,26,28)(H,29,30). The summed E-state index contributed by atoms with van der Waals surface area (Å²) in [4.78, 5) is 40.9. The predicted molar refractivity (Wildman–Crippen MR) is 122 cm³/mol. The molecule has 0 radical (unpaired) electrons. The molecule has 3 amide bonds. The number of aromatic nitrogens is 1. The zero-order chi connectivity index (χ0) is 22.9. The Kier molecular flexibility index (Phi) is 6.24. The molecular formula is C21H18Cl2N4O4. The number of aromatic amines is 1. The second kappa shape index (κ2) is 8.71. The summed E-state index contributed by atoms with van der Waals surface area (Å²) in [6, 6.07) is 9.25. The fourth-order valence-electron chi connectivity index (χ4n) is 3.17. The van der Waals surface area contributed by atoms with E-state index in [0.717, 1.165) is 0 Å². The molecule has 0 spiro atoms. The van der Waals surface area contributed by atoms with Crippen LogP contribution in [-0.4, -0.2) is 42.1 Å². The predicted octanol–water partition coefficient (Wildman–Crippen LogP) is 4.60. The van der Waals surface area contributed by atoms with Gasteiger partial charge in [0.25, 0.3) is 5.91 Å². The van der Waals surface area contributed by atoms with Crippen LogP contribution in [0.15, 0.2) is 43.0 Å². The number of H-pyrrole nitrogens is 1. The van der Waals surface area contributed by atoms with Crippen LogP contribution in [0.4, 0.5) is 16.2 Å². The van der Waals surface area contributed by atoms with Crippen molar-refractivity contribution >= 4 is 69.0 Å². The summed E-state index contributed by atoms with van der Waals surface area (Å²) in [5.74, 6) is -1.95. The maximum Gasteiger partial charge on any atom is 0.352 e. The number of anilines is 2. The third kappa shape index (κ3) is 4.21. The molecule has 10 heteroatoms. The molecule has 1 aromatic heterocycles. The van der Waals surface area contributed by atoms with Crippen molar-refractivity contribution in [2.75, 3.05) is 24.3 Å². The Hall–Kier alpha value is -3.49. The molecule has 3 rings (SSSR count). The molecule has 0 fully saturated rings. The van der Waals surface area contributed by atoms with Gasteiger partial charge in [0.2, 0.25) is 0 Å². The van der Waals surface area contributed by atoms with E-state index in [1.54, 1.807) is 31.3 Å². The summed E-state index contributed by atoms with van der Waals surface area (Å²) in [6.07, 6.45) is 0. The summed E-state index contributed by atoms with van der Waals surface area (Å²) in [5, 5.41) is 15.6. The Morgan fingerprint density at radius 1 is 1.16 bits per heavy atom. The second-order valence-electron chi connectivity index (χ2n) is 6.55. The molecule has 4 N–H and O–H groups in total. The van der Waals surface area contributed by atoms with Gasteiger partial charge in [0, 0.05) is 41.2 Å². The van der Waals surface area contributed by atoms with Gasteiger partial charge < -0.3 is 20.7 Å². The minimum Gasteiger partial charge on any atom is -0.477 e. The summed E-state index contributed by atoms with van der Waals surface area (Å²) in [6.45, 7) is 3.80. The highest BCUT2D eigenvalue weighted by atomic mass is 35.5. The Morgan fingerprint density at radius 2 is 1.84 bits per heavy atom. The SMILES string of the molecule is C=C(C(=O)Nc1ccccc1N(C)C(=O)NC)c1c(C(=O)O)[nH]c2cc(Cl)cc(Cl)c12. The van der Waals surface area contributed by atoms with Crippen LogP contribution < -0.4 is 15.5 Å². The van der Waals surface area contributed by atoms with Crippen LogP contribution in [0, 0.1) is 0 Å². The van der Waals surface area contributed by atoms with Gasteiger partial charge in [-0.2, -0.15) is 0 Å². The number of aromatic carboxylic acids is 1. The number of carboxylic acids is 1. The van der Waals surface area contributed by atoms with E-state index in [1.165, 1.54) is 24.1 Å². The van der Waals surface area contributed by atoms with Gasteiger partial charge in [0.15, 0.2) is 0 Å². The zero-order valence-corrected chi connectivity index (χ0v) is 18.1. The van der Waals surface area contributed by atoms with Crippen LogP contribution >= 0.6 is 23.2 Å². The highest BCUT2D eigenvalue weighted by Gasteiger charge is 2.25. The van der Waals surface area contributed by atoms with Crippen molar-refractivity contribution in [2.45, 2.75) is 0 Å². The molecule has 0 bridgehead atoms. The Labute approximate surface area is 187 Å². The Morgan fingerprint density at radius 3 is 2.48 bits per heavy atom. The minimum absolute atomic E-state index is 0.0544. The topological polar surface area (TPSA) is 115 Å². The molecule has 0 aliphatic carbocycles. The maximum absolute atomic E-state index is 13.0. The fraction of sp³-hybridized carbons (Fsp3) is 0.0952. The number of carboxylic acid groups (broad SMARTS) is 1. The van der Waals surface area contributed by atoms with E-state index in [-0.39, 0.29) is 27.9 Å². The van der Waals surface area contributed by atoms with Gasteiger partial charge in [-0.05, 0) is 24.3 Å². The molecule has 0 aliphatic rings. The van der Waals surface area contributed by atoms with Crippen molar-refractivity contribution in [3.05, 3.63) is 64.3 Å². The lowest BCUT2D eigenvalue weighted by molar-refractivity contribution is -0.111. The number of para-hydroxylation sites is 2. The number of urea groups is 1. The first-order chi connectivity index (χ1) is 14.6. The van der Waals surface area contributed by atoms with Gasteiger partial charge in [-0.15, -0.1) is 0 Å². The second-order valence-corrected chi connectivity index (χ2v) is 7.40. The van der Waals surface area contributed by atoms with Crippen molar-refractivity contribution in [2.24, 2.45) is 0 Å². The van der Waals surface area contributed by atoms with E-state index in [4.69, 9.17) is 23.2 Å². The lowest BCUT2D eigenvalue weighted by atomic mass is 10.0. The molecule has 0 aliphatic heterocycles. The van der Waals surface area contributed by atoms with E-state index in [0.29, 0.717) is 27.3 Å². The monoisotopic (exact) mass is 460 g/mol. The Bertz CT molecular complexity index is 1240. The van der Waals surface area contributed by atoms with Crippen LogP contribution in [0.3, 0.4) is 0 Å². The number of benzene rings is 2. The van der Waals surface area contributed by atoms with Gasteiger partial charge in [-0.3, -0.25) is 9.69 Å². The van der Waals surface area contributed by atoms with Crippen molar-refractivity contribution in [1.82, 2.24) is 10.3 Å². The fourth-order valence-corrected chi connectivity index (χ4v) is 3.76. The van der Waals surface area contributed by atoms with Crippen LogP contribution in [-0.2, 0) is 4.79 Å². The largest absolute Gasteiger partial charge is 0.477 e. The number of halogens is 2. The van der Waals surface area contributed by atoms with E-state index >= 15 is 0 Å². The lowest BCUT2D eigenvalue weighted by Crippen LogP contribution is -2.35. The number of fused-ring (bicyclic) bond motifs is 1. The molecule has 2 aromatic carbocycles. The van der Waals surface area contributed by atoms with E-state index in [1.807, 2.05) is 0 Å². The van der Waals surface area contributed by atoms with Crippen molar-refractivity contribution in [3.8, 4) is 0 Å². The summed E-state index contributed by atoms with van der Waals surface area (Å²) >= 11 is 12.3. The van der Waals surface area contributed by atoms with Crippen molar-refractivity contribution in [1.29, 1.82) is 0 Å². The molecule has 3 aromatic rings. The molecule has 0 saturated heterocycles. The number of nitrogens with zero attached hydrogens (tertiary/aromatic N) is 1. The number of hydrogen-bond acceptors (Lipinski definition) is 3. The molecule has 31 heavy (non-hydrogen) atoms. The van der Waals surface area contributed by atoms with Gasteiger partial charge in [0.1, 0.15) is 5.69 Å². The van der Waals surface area contributed by atoms with Gasteiger partial charge >= 0.3 is 12.0 Å². The third-order valence-electron chi connectivity index (χ3n) is 4.64. The van der Waals surface area contributed by atoms with Crippen LogP contribution in [0.2, 0.25) is 10.0 Å². The summed E-state index contributed by atoms with van der Waals surface area (Å²) < 4.78 is 0. The summed E-state index contributed by atoms with van der Waals surface area (Å²) in [7, 11) is 3.03. The molecule has 0 saturated carbocycles. The highest BCUT2D eigenvalue weighted by molar-refractivity contribution is 6.41. The number of amides is 3. The van der Waals surface area contributed by atoms with Crippen LogP contribution in [0.5, 0.6) is 0 Å². The van der Waals surface area contributed by atoms with Crippen LogP contribution in [0.25, 0.3) is 16.5 Å². The molecular weight excluding hydrogens is 443 g/mol. The average molecular weight is 461 g/mol. The first-order valence-corrected chi connectivity index (χ1v) is 9.70. The lowest BCUT2D eigenvalue weighted by Gasteiger charge is -2.20. The summed E-state index contributed by atoms with van der Waals surface area (Å²) in [5.41, 5.74) is 0.827. The molecule has 1 heterocycles. The number of rotatable bonds is 5. The number of nitrogens with one attached hydrogen (secondary N) is 3. The van der Waals surface area contributed by atoms with Crippen molar-refractivity contribution in [3.63, 3.8) is 0 Å². The maximum atomic E-state index is 13.0. The van der Waals surface area contributed by atoms with E-state index in [2.05, 4.69) is 22.2 Å². The molecule has 0 unspecified atom stereocenters. The quantitative estimate of drug-likeness (QED) is 0.416. The first kappa shape index (κ1) is 22.2. The zero-order valence-electron chi connectivity index (χ0n) is 16.5. The normalized spacial score (nSPS) is 10.6. The smallest absolute Gasteiger partial charge is 0.352 e. The molecule has 160 valence electrons. The number of hydrogen-bond donors (Lipinski definition) is 4. The van der Waals surface area contributed by atoms with Gasteiger partial charge in [-0.1, -0.05) is 41.9 Å². The van der Waals surface area contributed by atoms with E-state index < -0.39 is 11.9 Å². The molecule has 0 atom stereocenters. The van der Waals surface area contributed by atoms with Gasteiger partial charge in [0.05, 0.1) is 16.4 Å². The van der Waals surface area contributed by atoms with Crippen molar-refractivity contribution < 1.29 is 19.5 Å². The van der Waals surface area contributed by atoms with Crippen LogP contribution in [0.1, 0.15) is 16.1 Å². The average Bonchev–Trinajstić information content (AvgIpc) is 3.12. The number of carbonyl (C=O) groups excluding carboxylic acids is 2. The molecule has 8 nitrogen and oxygen atoms in total. The number of carbonyl (C=O) groups is 3. The van der Waals surface area contributed by atoms with E-state index in [9.17, 15) is 19.5 Å². The Balaban J connectivity index is 2.03. The highest BCUT2D eigenvalue weighted by Crippen LogP contribution is 2.36. The van der Waals surface area contributed by atoms with Gasteiger partial charge in [-0.25, -0.2) is 9.59 Å².